The number of hydrogen-bond acceptors (Lipinski definition) is 3. The Morgan fingerprint density at radius 2 is 2.00 bits per heavy atom. The number of hydrogen-bond donors (Lipinski definition) is 2. The Morgan fingerprint density at radius 3 is 2.63 bits per heavy atom. The Bertz CT molecular complexity index is 487. The van der Waals surface area contributed by atoms with Crippen molar-refractivity contribution in [2.24, 2.45) is 5.73 Å². The number of aliphatic carboxylic acids is 1. The fraction of sp³-hybridized carbons (Fsp3) is 0.429. The molecule has 0 spiro atoms. The molecular weight excluding hydrogens is 244 g/mol. The molecule has 2 rings (SSSR count). The number of carboxylic acids is 1. The molecule has 1 aromatic rings. The van der Waals surface area contributed by atoms with Gasteiger partial charge in [-0.3, -0.25) is 4.79 Å². The fourth-order valence-electron chi connectivity index (χ4n) is 2.40. The zero-order chi connectivity index (χ0) is 13.8. The van der Waals surface area contributed by atoms with E-state index in [2.05, 4.69) is 0 Å². The third kappa shape index (κ3) is 2.93. The van der Waals surface area contributed by atoms with E-state index in [9.17, 15) is 14.7 Å². The van der Waals surface area contributed by atoms with E-state index in [-0.39, 0.29) is 5.91 Å². The number of carboxylic acid groups (broad SMARTS) is 1. The molecule has 5 nitrogen and oxygen atoms in total. The van der Waals surface area contributed by atoms with Gasteiger partial charge in [-0.05, 0) is 24.1 Å². The highest BCUT2D eigenvalue weighted by molar-refractivity contribution is 5.84. The molecule has 0 aliphatic carbocycles. The molecule has 0 radical (unpaired) electrons. The third-order valence-corrected chi connectivity index (χ3v) is 3.45. The first-order valence-electron chi connectivity index (χ1n) is 6.42. The van der Waals surface area contributed by atoms with Crippen molar-refractivity contribution in [1.82, 2.24) is 4.90 Å². The molecule has 1 aromatic carbocycles. The lowest BCUT2D eigenvalue weighted by molar-refractivity contribution is -0.151. The van der Waals surface area contributed by atoms with Crippen molar-refractivity contribution < 1.29 is 14.7 Å². The van der Waals surface area contributed by atoms with Crippen LogP contribution in [0.25, 0.3) is 0 Å². The van der Waals surface area contributed by atoms with E-state index in [1.54, 1.807) is 0 Å². The van der Waals surface area contributed by atoms with Gasteiger partial charge in [0.15, 0.2) is 0 Å². The minimum Gasteiger partial charge on any atom is -0.480 e. The Balaban J connectivity index is 2.21. The Kier molecular flexibility index (Phi) is 4.16. The van der Waals surface area contributed by atoms with Gasteiger partial charge in [0.05, 0.1) is 0 Å². The summed E-state index contributed by atoms with van der Waals surface area (Å²) in [6.07, 6.45) is 1.27. The van der Waals surface area contributed by atoms with Crippen molar-refractivity contribution in [2.75, 3.05) is 6.54 Å². The monoisotopic (exact) mass is 262 g/mol. The molecule has 0 saturated heterocycles. The van der Waals surface area contributed by atoms with E-state index >= 15 is 0 Å². The van der Waals surface area contributed by atoms with E-state index in [1.807, 2.05) is 24.3 Å². The molecule has 1 amide bonds. The Hall–Kier alpha value is -1.88. The molecule has 0 bridgehead atoms. The summed E-state index contributed by atoms with van der Waals surface area (Å²) in [7, 11) is 0. The van der Waals surface area contributed by atoms with Crippen molar-refractivity contribution in [3.63, 3.8) is 0 Å². The standard InChI is InChI=1S/C14H18N2O3/c15-7-3-6-13(17)16-9-11-5-2-1-4-10(11)8-12(16)14(18)19/h1-2,4-5,12H,3,6-9,15H2,(H,18,19). The summed E-state index contributed by atoms with van der Waals surface area (Å²) < 4.78 is 0. The molecule has 102 valence electrons. The lowest BCUT2D eigenvalue weighted by Gasteiger charge is -2.34. The SMILES string of the molecule is NCCCC(=O)N1Cc2ccccc2CC1C(=O)O. The largest absolute Gasteiger partial charge is 0.480 e. The number of rotatable bonds is 4. The van der Waals surface area contributed by atoms with Gasteiger partial charge in [-0.15, -0.1) is 0 Å². The second kappa shape index (κ2) is 5.84. The summed E-state index contributed by atoms with van der Waals surface area (Å²) in [6, 6.07) is 6.90. The van der Waals surface area contributed by atoms with Crippen molar-refractivity contribution in [3.8, 4) is 0 Å². The summed E-state index contributed by atoms with van der Waals surface area (Å²) in [5.41, 5.74) is 7.43. The molecule has 5 heteroatoms. The number of benzene rings is 1. The second-order valence-electron chi connectivity index (χ2n) is 4.74. The van der Waals surface area contributed by atoms with Crippen molar-refractivity contribution in [2.45, 2.75) is 31.8 Å². The summed E-state index contributed by atoms with van der Waals surface area (Å²) in [4.78, 5) is 24.9. The summed E-state index contributed by atoms with van der Waals surface area (Å²) in [5.74, 6) is -1.08. The molecule has 0 saturated carbocycles. The van der Waals surface area contributed by atoms with Crippen molar-refractivity contribution >= 4 is 11.9 Å². The van der Waals surface area contributed by atoms with Crippen LogP contribution < -0.4 is 5.73 Å². The number of carbonyl (C=O) groups excluding carboxylic acids is 1. The van der Waals surface area contributed by atoms with E-state index in [0.29, 0.717) is 32.4 Å². The molecule has 0 fully saturated rings. The molecule has 0 aromatic heterocycles. The molecule has 1 aliphatic rings. The van der Waals surface area contributed by atoms with Crippen LogP contribution in [0.5, 0.6) is 0 Å². The van der Waals surface area contributed by atoms with E-state index in [4.69, 9.17) is 5.73 Å². The lowest BCUT2D eigenvalue weighted by atomic mass is 9.93. The number of fused-ring (bicyclic) bond motifs is 1. The average molecular weight is 262 g/mol. The highest BCUT2D eigenvalue weighted by Gasteiger charge is 2.33. The van der Waals surface area contributed by atoms with Crippen LogP contribution in [-0.4, -0.2) is 34.5 Å². The van der Waals surface area contributed by atoms with Gasteiger partial charge in [0, 0.05) is 19.4 Å². The summed E-state index contributed by atoms with van der Waals surface area (Å²) in [5, 5.41) is 9.29. The van der Waals surface area contributed by atoms with Crippen LogP contribution in [0.15, 0.2) is 24.3 Å². The molecule has 19 heavy (non-hydrogen) atoms. The van der Waals surface area contributed by atoms with Crippen LogP contribution in [0.1, 0.15) is 24.0 Å². The minimum absolute atomic E-state index is 0.132. The third-order valence-electron chi connectivity index (χ3n) is 3.45. The number of carbonyl (C=O) groups is 2. The van der Waals surface area contributed by atoms with Crippen LogP contribution in [0, 0.1) is 0 Å². The van der Waals surface area contributed by atoms with Gasteiger partial charge in [0.25, 0.3) is 0 Å². The molecule has 1 aliphatic heterocycles. The maximum atomic E-state index is 12.1. The fourth-order valence-corrected chi connectivity index (χ4v) is 2.40. The van der Waals surface area contributed by atoms with E-state index in [1.165, 1.54) is 4.90 Å². The smallest absolute Gasteiger partial charge is 0.326 e. The molecule has 3 N–H and O–H groups in total. The number of amides is 1. The van der Waals surface area contributed by atoms with Crippen LogP contribution in [0.4, 0.5) is 0 Å². The van der Waals surface area contributed by atoms with Crippen LogP contribution in [0.2, 0.25) is 0 Å². The van der Waals surface area contributed by atoms with Gasteiger partial charge in [-0.25, -0.2) is 4.79 Å². The summed E-state index contributed by atoms with van der Waals surface area (Å²) >= 11 is 0. The predicted molar refractivity (Wildman–Crippen MR) is 70.4 cm³/mol. The van der Waals surface area contributed by atoms with Gasteiger partial charge in [-0.2, -0.15) is 0 Å². The van der Waals surface area contributed by atoms with Gasteiger partial charge in [-0.1, -0.05) is 24.3 Å². The van der Waals surface area contributed by atoms with Crippen molar-refractivity contribution in [3.05, 3.63) is 35.4 Å². The summed E-state index contributed by atoms with van der Waals surface area (Å²) in [6.45, 7) is 0.810. The first kappa shape index (κ1) is 13.5. The highest BCUT2D eigenvalue weighted by atomic mass is 16.4. The topological polar surface area (TPSA) is 83.6 Å². The zero-order valence-corrected chi connectivity index (χ0v) is 10.7. The van der Waals surface area contributed by atoms with E-state index < -0.39 is 12.0 Å². The van der Waals surface area contributed by atoms with Crippen molar-refractivity contribution in [1.29, 1.82) is 0 Å². The van der Waals surface area contributed by atoms with Crippen LogP contribution in [-0.2, 0) is 22.6 Å². The Morgan fingerprint density at radius 1 is 1.32 bits per heavy atom. The lowest BCUT2D eigenvalue weighted by Crippen LogP contribution is -2.48. The zero-order valence-electron chi connectivity index (χ0n) is 10.7. The van der Waals surface area contributed by atoms with E-state index in [0.717, 1.165) is 11.1 Å². The van der Waals surface area contributed by atoms with Gasteiger partial charge < -0.3 is 15.7 Å². The van der Waals surface area contributed by atoms with Gasteiger partial charge in [0.2, 0.25) is 5.91 Å². The van der Waals surface area contributed by atoms with Crippen LogP contribution >= 0.6 is 0 Å². The van der Waals surface area contributed by atoms with Gasteiger partial charge in [0.1, 0.15) is 6.04 Å². The molecular formula is C14H18N2O3. The van der Waals surface area contributed by atoms with Gasteiger partial charge >= 0.3 is 5.97 Å². The Labute approximate surface area is 112 Å². The first-order chi connectivity index (χ1) is 9.13. The quantitative estimate of drug-likeness (QED) is 0.839. The second-order valence-corrected chi connectivity index (χ2v) is 4.74. The number of nitrogens with two attached hydrogens (primary N) is 1. The maximum absolute atomic E-state index is 12.1. The maximum Gasteiger partial charge on any atom is 0.326 e. The molecule has 1 heterocycles. The minimum atomic E-state index is -0.949. The highest BCUT2D eigenvalue weighted by Crippen LogP contribution is 2.24. The predicted octanol–water partition coefficient (Wildman–Crippen LogP) is 0.763. The van der Waals surface area contributed by atoms with Crippen LogP contribution in [0.3, 0.4) is 0 Å². The number of nitrogens with zero attached hydrogens (tertiary/aromatic N) is 1. The average Bonchev–Trinajstić information content (AvgIpc) is 2.43. The molecule has 1 unspecified atom stereocenters. The molecule has 1 atom stereocenters. The normalized spacial score (nSPS) is 17.9. The first-order valence-corrected chi connectivity index (χ1v) is 6.42.